The van der Waals surface area contributed by atoms with Gasteiger partial charge in [0.25, 0.3) is 0 Å². The summed E-state index contributed by atoms with van der Waals surface area (Å²) < 4.78 is 10.2. The van der Waals surface area contributed by atoms with Crippen molar-refractivity contribution < 1.29 is 14.3 Å². The van der Waals surface area contributed by atoms with Gasteiger partial charge >= 0.3 is 5.97 Å². The van der Waals surface area contributed by atoms with E-state index in [1.165, 1.54) is 7.11 Å². The highest BCUT2D eigenvalue weighted by atomic mass is 16.5. The van der Waals surface area contributed by atoms with E-state index in [-0.39, 0.29) is 0 Å². The number of methoxy groups -OCH3 is 2. The molecule has 1 aliphatic rings. The van der Waals surface area contributed by atoms with Crippen LogP contribution in [0.3, 0.4) is 0 Å². The summed E-state index contributed by atoms with van der Waals surface area (Å²) in [6.45, 7) is 1.83. The number of esters is 1. The molecule has 0 heterocycles. The largest absolute Gasteiger partial charge is 0.465 e. The second kappa shape index (κ2) is 5.60. The van der Waals surface area contributed by atoms with Gasteiger partial charge in [0.15, 0.2) is 0 Å². The van der Waals surface area contributed by atoms with Crippen LogP contribution in [0.5, 0.6) is 0 Å². The van der Waals surface area contributed by atoms with Crippen molar-refractivity contribution in [2.24, 2.45) is 5.41 Å². The van der Waals surface area contributed by atoms with Crippen LogP contribution in [0.4, 0.5) is 0 Å². The number of hydrogen-bond acceptors (Lipinski definition) is 4. The number of benzene rings is 1. The van der Waals surface area contributed by atoms with Gasteiger partial charge in [-0.1, -0.05) is 17.9 Å². The summed E-state index contributed by atoms with van der Waals surface area (Å²) in [5, 5.41) is 9.31. The lowest BCUT2D eigenvalue weighted by Gasteiger charge is -2.26. The number of carbonyl (C=O) groups is 1. The van der Waals surface area contributed by atoms with Gasteiger partial charge in [-0.25, -0.2) is 4.79 Å². The summed E-state index contributed by atoms with van der Waals surface area (Å²) in [5.74, 6) is 5.66. The topological polar surface area (TPSA) is 59.3 Å². The third kappa shape index (κ3) is 2.77. The molecule has 0 spiro atoms. The minimum absolute atomic E-state index is 0.399. The zero-order chi connectivity index (χ0) is 15.5. The molecule has 1 aliphatic carbocycles. The SMILES string of the molecule is COC(=O)c1cccc(C#C[C@@](C)(OC)C2(C#N)CC2)c1. The summed E-state index contributed by atoms with van der Waals surface area (Å²) in [5.41, 5.74) is -0.183. The Bertz CT molecular complexity index is 659. The maximum absolute atomic E-state index is 11.5. The summed E-state index contributed by atoms with van der Waals surface area (Å²) >= 11 is 0. The van der Waals surface area contributed by atoms with Crippen molar-refractivity contribution in [1.82, 2.24) is 0 Å². The van der Waals surface area contributed by atoms with Gasteiger partial charge in [-0.3, -0.25) is 0 Å². The Kier molecular flexibility index (Phi) is 4.02. The second-order valence-electron chi connectivity index (χ2n) is 5.25. The molecule has 0 bridgehead atoms. The first-order valence-corrected chi connectivity index (χ1v) is 6.68. The third-order valence-corrected chi connectivity index (χ3v) is 4.01. The monoisotopic (exact) mass is 283 g/mol. The van der Waals surface area contributed by atoms with E-state index < -0.39 is 17.0 Å². The molecule has 0 aromatic heterocycles. The maximum Gasteiger partial charge on any atom is 0.337 e. The molecule has 4 heteroatoms. The van der Waals surface area contributed by atoms with Gasteiger partial charge < -0.3 is 9.47 Å². The number of ether oxygens (including phenoxy) is 2. The average molecular weight is 283 g/mol. The molecule has 0 unspecified atom stereocenters. The minimum Gasteiger partial charge on any atom is -0.465 e. The van der Waals surface area contributed by atoms with E-state index in [9.17, 15) is 10.1 Å². The van der Waals surface area contributed by atoms with Crippen molar-refractivity contribution in [1.29, 1.82) is 5.26 Å². The molecule has 108 valence electrons. The molecular formula is C17H17NO3. The molecule has 1 aromatic carbocycles. The molecule has 0 saturated heterocycles. The normalized spacial score (nSPS) is 17.6. The molecule has 0 amide bonds. The van der Waals surface area contributed by atoms with Crippen LogP contribution in [0.2, 0.25) is 0 Å². The number of rotatable bonds is 3. The van der Waals surface area contributed by atoms with Crippen LogP contribution >= 0.6 is 0 Å². The van der Waals surface area contributed by atoms with Crippen LogP contribution in [0.1, 0.15) is 35.7 Å². The van der Waals surface area contributed by atoms with Crippen molar-refractivity contribution in [2.75, 3.05) is 14.2 Å². The van der Waals surface area contributed by atoms with Gasteiger partial charge in [-0.05, 0) is 38.0 Å². The Morgan fingerprint density at radius 2 is 2.10 bits per heavy atom. The Hall–Kier alpha value is -2.30. The first kappa shape index (κ1) is 15.1. The van der Waals surface area contributed by atoms with Crippen LogP contribution < -0.4 is 0 Å². The third-order valence-electron chi connectivity index (χ3n) is 4.01. The van der Waals surface area contributed by atoms with E-state index in [2.05, 4.69) is 22.6 Å². The summed E-state index contributed by atoms with van der Waals surface area (Å²) in [6.07, 6.45) is 1.59. The quantitative estimate of drug-likeness (QED) is 0.632. The van der Waals surface area contributed by atoms with E-state index in [1.54, 1.807) is 25.3 Å². The molecule has 2 rings (SSSR count). The van der Waals surface area contributed by atoms with Crippen molar-refractivity contribution in [2.45, 2.75) is 25.4 Å². The Morgan fingerprint density at radius 3 is 2.62 bits per heavy atom. The zero-order valence-corrected chi connectivity index (χ0v) is 12.4. The fraction of sp³-hybridized carbons (Fsp3) is 0.412. The van der Waals surface area contributed by atoms with Gasteiger partial charge in [-0.2, -0.15) is 5.26 Å². The lowest BCUT2D eigenvalue weighted by Crippen LogP contribution is -2.36. The van der Waals surface area contributed by atoms with Crippen LogP contribution in [0.25, 0.3) is 0 Å². The van der Waals surface area contributed by atoms with Crippen LogP contribution in [0, 0.1) is 28.6 Å². The number of hydrogen-bond donors (Lipinski definition) is 0. The maximum atomic E-state index is 11.5. The second-order valence-corrected chi connectivity index (χ2v) is 5.25. The molecule has 1 aromatic rings. The Balaban J connectivity index is 2.30. The summed E-state index contributed by atoms with van der Waals surface area (Å²) in [7, 11) is 2.91. The molecule has 0 radical (unpaired) electrons. The minimum atomic E-state index is -0.803. The van der Waals surface area contributed by atoms with E-state index in [0.29, 0.717) is 11.1 Å². The van der Waals surface area contributed by atoms with Crippen molar-refractivity contribution >= 4 is 5.97 Å². The molecule has 0 N–H and O–H groups in total. The van der Waals surface area contributed by atoms with Crippen molar-refractivity contribution in [3.63, 3.8) is 0 Å². The van der Waals surface area contributed by atoms with Crippen molar-refractivity contribution in [3.8, 4) is 17.9 Å². The summed E-state index contributed by atoms with van der Waals surface area (Å²) in [6, 6.07) is 9.21. The van der Waals surface area contributed by atoms with Gasteiger partial charge in [0.1, 0.15) is 5.60 Å². The predicted molar refractivity (Wildman–Crippen MR) is 77.4 cm³/mol. The molecule has 4 nitrogen and oxygen atoms in total. The van der Waals surface area contributed by atoms with Crippen molar-refractivity contribution in [3.05, 3.63) is 35.4 Å². The van der Waals surface area contributed by atoms with E-state index in [1.807, 2.05) is 13.0 Å². The first-order valence-electron chi connectivity index (χ1n) is 6.68. The van der Waals surface area contributed by atoms with Gasteiger partial charge in [0.2, 0.25) is 0 Å². The number of carbonyl (C=O) groups excluding carboxylic acids is 1. The zero-order valence-electron chi connectivity index (χ0n) is 12.4. The van der Waals surface area contributed by atoms with Crippen LogP contribution in [-0.2, 0) is 9.47 Å². The highest BCUT2D eigenvalue weighted by Gasteiger charge is 2.58. The molecule has 21 heavy (non-hydrogen) atoms. The molecule has 1 fully saturated rings. The number of nitrogens with zero attached hydrogens (tertiary/aromatic N) is 1. The van der Waals surface area contributed by atoms with E-state index in [0.717, 1.165) is 12.8 Å². The Labute approximate surface area is 124 Å². The first-order chi connectivity index (χ1) is 10.00. The molecular weight excluding hydrogens is 266 g/mol. The molecule has 1 saturated carbocycles. The van der Waals surface area contributed by atoms with Crippen LogP contribution in [-0.4, -0.2) is 25.8 Å². The standard InChI is InChI=1S/C17H17NO3/c1-16(21-3,17(12-18)9-10-17)8-7-13-5-4-6-14(11-13)15(19)20-2/h4-6,11H,9-10H2,1-3H3/t16-/m1/s1. The highest BCUT2D eigenvalue weighted by molar-refractivity contribution is 5.89. The number of nitriles is 1. The molecule has 1 atom stereocenters. The smallest absolute Gasteiger partial charge is 0.337 e. The van der Waals surface area contributed by atoms with E-state index >= 15 is 0 Å². The van der Waals surface area contributed by atoms with Crippen LogP contribution in [0.15, 0.2) is 24.3 Å². The summed E-state index contributed by atoms with van der Waals surface area (Å²) in [4.78, 5) is 11.5. The fourth-order valence-electron chi connectivity index (χ4n) is 2.22. The van der Waals surface area contributed by atoms with Gasteiger partial charge in [0.05, 0.1) is 24.2 Å². The lowest BCUT2D eigenvalue weighted by molar-refractivity contribution is 0.0147. The average Bonchev–Trinajstić information content (AvgIpc) is 3.33. The highest BCUT2D eigenvalue weighted by Crippen LogP contribution is 2.54. The van der Waals surface area contributed by atoms with Gasteiger partial charge in [0, 0.05) is 12.7 Å². The molecule has 0 aliphatic heterocycles. The lowest BCUT2D eigenvalue weighted by atomic mass is 9.87. The Morgan fingerprint density at radius 1 is 1.38 bits per heavy atom. The fourth-order valence-corrected chi connectivity index (χ4v) is 2.22. The predicted octanol–water partition coefficient (Wildman–Crippen LogP) is 2.53. The van der Waals surface area contributed by atoms with E-state index in [4.69, 9.17) is 4.74 Å². The van der Waals surface area contributed by atoms with Gasteiger partial charge in [-0.15, -0.1) is 0 Å².